The van der Waals surface area contributed by atoms with E-state index in [1.807, 2.05) is 13.8 Å². The SMILES string of the molecule is CC1(CO)C(O)CCC2(C)C1CC(O)C1(C)Oc3cc(-c4cccnc4)oc(=O)c3C(O)C21. The number of hydrogen-bond donors (Lipinski definition) is 4. The second-order valence-corrected chi connectivity index (χ2v) is 10.7. The summed E-state index contributed by atoms with van der Waals surface area (Å²) in [5.41, 5.74) is -2.67. The summed E-state index contributed by atoms with van der Waals surface area (Å²) >= 11 is 0. The van der Waals surface area contributed by atoms with Crippen LogP contribution in [0.5, 0.6) is 5.75 Å². The van der Waals surface area contributed by atoms with Crippen molar-refractivity contribution in [2.24, 2.45) is 22.7 Å². The molecule has 0 saturated heterocycles. The number of aliphatic hydroxyl groups excluding tert-OH is 4. The molecule has 0 spiro atoms. The summed E-state index contributed by atoms with van der Waals surface area (Å²) in [4.78, 5) is 17.1. The number of aromatic nitrogens is 1. The predicted molar refractivity (Wildman–Crippen MR) is 118 cm³/mol. The highest BCUT2D eigenvalue weighted by Gasteiger charge is 2.68. The Morgan fingerprint density at radius 3 is 2.61 bits per heavy atom. The first-order valence-electron chi connectivity index (χ1n) is 11.5. The van der Waals surface area contributed by atoms with Crippen molar-refractivity contribution in [1.29, 1.82) is 0 Å². The summed E-state index contributed by atoms with van der Waals surface area (Å²) in [6.45, 7) is 5.37. The number of rotatable bonds is 2. The Morgan fingerprint density at radius 2 is 1.94 bits per heavy atom. The van der Waals surface area contributed by atoms with E-state index in [2.05, 4.69) is 4.98 Å². The van der Waals surface area contributed by atoms with E-state index in [-0.39, 0.29) is 29.6 Å². The molecule has 3 aliphatic rings. The third-order valence-corrected chi connectivity index (χ3v) is 8.94. The molecule has 3 heterocycles. The molecule has 2 aromatic rings. The van der Waals surface area contributed by atoms with Crippen LogP contribution in [0.1, 0.15) is 51.7 Å². The molecule has 0 radical (unpaired) electrons. The van der Waals surface area contributed by atoms with Crippen LogP contribution in [0.25, 0.3) is 11.3 Å². The zero-order valence-electron chi connectivity index (χ0n) is 19.1. The lowest BCUT2D eigenvalue weighted by molar-refractivity contribution is -0.264. The number of hydrogen-bond acceptors (Lipinski definition) is 8. The van der Waals surface area contributed by atoms with Crippen molar-refractivity contribution in [2.45, 2.75) is 63.9 Å². The van der Waals surface area contributed by atoms with Gasteiger partial charge in [-0.05, 0) is 49.7 Å². The minimum absolute atomic E-state index is 0.0380. The van der Waals surface area contributed by atoms with Crippen molar-refractivity contribution in [1.82, 2.24) is 4.98 Å². The normalized spacial score (nSPS) is 42.0. The van der Waals surface area contributed by atoms with Crippen LogP contribution in [0.2, 0.25) is 0 Å². The average Bonchev–Trinajstić information content (AvgIpc) is 2.78. The smallest absolute Gasteiger partial charge is 0.345 e. The monoisotopic (exact) mass is 457 g/mol. The Labute approximate surface area is 191 Å². The molecule has 0 aromatic carbocycles. The van der Waals surface area contributed by atoms with Gasteiger partial charge in [-0.25, -0.2) is 4.79 Å². The lowest BCUT2D eigenvalue weighted by Crippen LogP contribution is -2.70. The van der Waals surface area contributed by atoms with Crippen LogP contribution < -0.4 is 10.4 Å². The van der Waals surface area contributed by atoms with Crippen molar-refractivity contribution in [3.63, 3.8) is 0 Å². The molecule has 2 aliphatic carbocycles. The summed E-state index contributed by atoms with van der Waals surface area (Å²) in [6.07, 6.45) is 1.56. The van der Waals surface area contributed by atoms with Crippen molar-refractivity contribution in [3.05, 3.63) is 46.6 Å². The van der Waals surface area contributed by atoms with Gasteiger partial charge in [0, 0.05) is 35.4 Å². The maximum atomic E-state index is 13.1. The Kier molecular flexibility index (Phi) is 5.03. The zero-order chi connectivity index (χ0) is 23.8. The summed E-state index contributed by atoms with van der Waals surface area (Å²) < 4.78 is 11.9. The van der Waals surface area contributed by atoms with E-state index in [0.29, 0.717) is 24.8 Å². The molecule has 5 rings (SSSR count). The minimum Gasteiger partial charge on any atom is -0.484 e. The van der Waals surface area contributed by atoms with Gasteiger partial charge < -0.3 is 29.6 Å². The van der Waals surface area contributed by atoms with Gasteiger partial charge in [0.2, 0.25) is 0 Å². The first-order chi connectivity index (χ1) is 15.6. The second kappa shape index (κ2) is 7.37. The fraction of sp³-hybridized carbons (Fsp3) is 0.600. The van der Waals surface area contributed by atoms with Crippen LogP contribution in [-0.2, 0) is 0 Å². The van der Waals surface area contributed by atoms with Crippen LogP contribution in [0.15, 0.2) is 39.8 Å². The van der Waals surface area contributed by atoms with Gasteiger partial charge in [-0.2, -0.15) is 0 Å². The van der Waals surface area contributed by atoms with E-state index in [1.54, 1.807) is 37.5 Å². The van der Waals surface area contributed by atoms with E-state index in [9.17, 15) is 25.2 Å². The Hall–Kier alpha value is -2.26. The summed E-state index contributed by atoms with van der Waals surface area (Å²) in [7, 11) is 0. The summed E-state index contributed by atoms with van der Waals surface area (Å²) in [5, 5.41) is 43.9. The molecule has 0 bridgehead atoms. The molecule has 8 unspecified atom stereocenters. The fourth-order valence-electron chi connectivity index (χ4n) is 7.08. The van der Waals surface area contributed by atoms with Crippen LogP contribution in [0.4, 0.5) is 0 Å². The molecule has 2 fully saturated rings. The molecule has 2 saturated carbocycles. The topological polar surface area (TPSA) is 133 Å². The molecule has 8 heteroatoms. The highest BCUT2D eigenvalue weighted by Crippen LogP contribution is 2.66. The third-order valence-electron chi connectivity index (χ3n) is 8.94. The average molecular weight is 458 g/mol. The van der Waals surface area contributed by atoms with Crippen LogP contribution in [-0.4, -0.2) is 49.8 Å². The van der Waals surface area contributed by atoms with Gasteiger partial charge in [0.1, 0.15) is 22.7 Å². The number of aliphatic hydroxyl groups is 4. The van der Waals surface area contributed by atoms with Gasteiger partial charge in [0.05, 0.1) is 24.9 Å². The lowest BCUT2D eigenvalue weighted by atomic mass is 9.42. The Bertz CT molecular complexity index is 1120. The van der Waals surface area contributed by atoms with Crippen molar-refractivity contribution < 1.29 is 29.6 Å². The van der Waals surface area contributed by atoms with Gasteiger partial charge >= 0.3 is 5.63 Å². The molecule has 1 aliphatic heterocycles. The molecule has 33 heavy (non-hydrogen) atoms. The van der Waals surface area contributed by atoms with Gasteiger partial charge in [-0.1, -0.05) is 13.8 Å². The standard InChI is InChI=1S/C25H31NO7/c1-23-7-6-17(28)24(2,12-27)16(23)10-18(29)25(3)21(23)20(30)19-15(33-25)9-14(32-22(19)31)13-5-4-8-26-11-13/h4-5,8-9,11,16-18,20-21,27-30H,6-7,10,12H2,1-3H3. The first kappa shape index (κ1) is 22.5. The molecular formula is C25H31NO7. The van der Waals surface area contributed by atoms with Gasteiger partial charge in [0.25, 0.3) is 0 Å². The second-order valence-electron chi connectivity index (χ2n) is 10.7. The quantitative estimate of drug-likeness (QED) is 0.539. The van der Waals surface area contributed by atoms with Gasteiger partial charge in [-0.15, -0.1) is 0 Å². The molecule has 8 nitrogen and oxygen atoms in total. The van der Waals surface area contributed by atoms with Gasteiger partial charge in [0.15, 0.2) is 0 Å². The maximum absolute atomic E-state index is 13.1. The number of fused-ring (bicyclic) bond motifs is 4. The summed E-state index contributed by atoms with van der Waals surface area (Å²) in [5.74, 6) is -0.465. The zero-order valence-corrected chi connectivity index (χ0v) is 19.1. The van der Waals surface area contributed by atoms with E-state index >= 15 is 0 Å². The maximum Gasteiger partial charge on any atom is 0.345 e. The molecule has 178 valence electrons. The highest BCUT2D eigenvalue weighted by atomic mass is 16.5. The van der Waals surface area contributed by atoms with E-state index in [1.165, 1.54) is 0 Å². The highest BCUT2D eigenvalue weighted by molar-refractivity contribution is 5.59. The summed E-state index contributed by atoms with van der Waals surface area (Å²) in [6, 6.07) is 5.05. The Balaban J connectivity index is 1.65. The Morgan fingerprint density at radius 1 is 1.18 bits per heavy atom. The van der Waals surface area contributed by atoms with E-state index in [4.69, 9.17) is 9.15 Å². The minimum atomic E-state index is -1.24. The lowest BCUT2D eigenvalue weighted by Gasteiger charge is -2.66. The first-order valence-corrected chi connectivity index (χ1v) is 11.5. The van der Waals surface area contributed by atoms with Crippen LogP contribution in [0, 0.1) is 22.7 Å². The van der Waals surface area contributed by atoms with Crippen molar-refractivity contribution >= 4 is 0 Å². The van der Waals surface area contributed by atoms with Crippen LogP contribution in [0.3, 0.4) is 0 Å². The largest absolute Gasteiger partial charge is 0.484 e. The van der Waals surface area contributed by atoms with E-state index in [0.717, 1.165) is 0 Å². The molecule has 4 N–H and O–H groups in total. The third kappa shape index (κ3) is 2.97. The predicted octanol–water partition coefficient (Wildman–Crippen LogP) is 2.04. The molecular weight excluding hydrogens is 426 g/mol. The van der Waals surface area contributed by atoms with Crippen molar-refractivity contribution in [2.75, 3.05) is 6.61 Å². The number of pyridine rings is 1. The van der Waals surface area contributed by atoms with Gasteiger partial charge in [-0.3, -0.25) is 4.98 Å². The van der Waals surface area contributed by atoms with Crippen molar-refractivity contribution in [3.8, 4) is 17.1 Å². The molecule has 8 atom stereocenters. The number of ether oxygens (including phenoxy) is 1. The number of nitrogens with zero attached hydrogens (tertiary/aromatic N) is 1. The molecule has 0 amide bonds. The fourth-order valence-corrected chi connectivity index (χ4v) is 7.08. The van der Waals surface area contributed by atoms with E-state index < -0.39 is 46.3 Å². The van der Waals surface area contributed by atoms with Crippen LogP contribution >= 0.6 is 0 Å². The molecule has 2 aromatic heterocycles.